The van der Waals surface area contributed by atoms with Crippen LogP contribution >= 0.6 is 0 Å². The highest BCUT2D eigenvalue weighted by Gasteiger charge is 2.32. The standard InChI is InChI=1S/C21H23N3O3S/c1-15-9-11-16(12-10-15)17-7-3-5-13-23(17)20(25)19-18-8-4-6-14-24(18)21(22-19)28(2,26)27/h4,6,8-12,14,17H,3,5,7,13H2,1-2H3. The van der Waals surface area contributed by atoms with Crippen LogP contribution in [0, 0.1) is 6.92 Å². The Balaban J connectivity index is 1.78. The third kappa shape index (κ3) is 3.30. The molecule has 2 aromatic heterocycles. The molecule has 0 N–H and O–H groups in total. The largest absolute Gasteiger partial charge is 0.330 e. The molecule has 6 nitrogen and oxygen atoms in total. The summed E-state index contributed by atoms with van der Waals surface area (Å²) in [5.74, 6) is -0.219. The number of amides is 1. The lowest BCUT2D eigenvalue weighted by molar-refractivity contribution is 0.0607. The SMILES string of the molecule is Cc1ccc(C2CCCCN2C(=O)c2nc(S(C)(=O)=O)n3ccccc23)cc1. The van der Waals surface area contributed by atoms with Crippen LogP contribution in [0.25, 0.3) is 5.52 Å². The summed E-state index contributed by atoms with van der Waals surface area (Å²) in [6.07, 6.45) is 5.61. The number of hydrogen-bond donors (Lipinski definition) is 0. The van der Waals surface area contributed by atoms with E-state index in [-0.39, 0.29) is 22.8 Å². The van der Waals surface area contributed by atoms with E-state index in [1.165, 1.54) is 9.96 Å². The number of aryl methyl sites for hydroxylation is 1. The smallest absolute Gasteiger partial charge is 0.275 e. The maximum Gasteiger partial charge on any atom is 0.275 e. The average Bonchev–Trinajstić information content (AvgIpc) is 3.08. The first-order chi connectivity index (χ1) is 13.4. The molecule has 146 valence electrons. The zero-order valence-corrected chi connectivity index (χ0v) is 16.8. The molecule has 1 fully saturated rings. The number of nitrogens with zero attached hydrogens (tertiary/aromatic N) is 3. The number of pyridine rings is 1. The fraction of sp³-hybridized carbons (Fsp3) is 0.333. The van der Waals surface area contributed by atoms with Gasteiger partial charge in [0.1, 0.15) is 0 Å². The van der Waals surface area contributed by atoms with Crippen molar-refractivity contribution >= 4 is 21.3 Å². The van der Waals surface area contributed by atoms with Gasteiger partial charge >= 0.3 is 0 Å². The van der Waals surface area contributed by atoms with Crippen molar-refractivity contribution in [2.75, 3.05) is 12.8 Å². The first-order valence-electron chi connectivity index (χ1n) is 9.41. The predicted molar refractivity (Wildman–Crippen MR) is 107 cm³/mol. The first kappa shape index (κ1) is 18.7. The summed E-state index contributed by atoms with van der Waals surface area (Å²) in [6.45, 7) is 2.68. The number of rotatable bonds is 3. The molecular weight excluding hydrogens is 374 g/mol. The Labute approximate surface area is 164 Å². The molecule has 1 atom stereocenters. The Hall–Kier alpha value is -2.67. The van der Waals surface area contributed by atoms with Gasteiger partial charge in [0.25, 0.3) is 5.91 Å². The van der Waals surface area contributed by atoms with E-state index < -0.39 is 9.84 Å². The van der Waals surface area contributed by atoms with Crippen molar-refractivity contribution in [3.05, 3.63) is 65.5 Å². The van der Waals surface area contributed by atoms with E-state index in [0.29, 0.717) is 12.1 Å². The van der Waals surface area contributed by atoms with Crippen molar-refractivity contribution in [3.8, 4) is 0 Å². The van der Waals surface area contributed by atoms with E-state index in [4.69, 9.17) is 0 Å². The van der Waals surface area contributed by atoms with Crippen LogP contribution in [-0.4, -0.2) is 41.4 Å². The zero-order chi connectivity index (χ0) is 19.9. The van der Waals surface area contributed by atoms with Crippen LogP contribution in [0.4, 0.5) is 0 Å². The molecule has 0 saturated carbocycles. The maximum absolute atomic E-state index is 13.5. The molecule has 0 bridgehead atoms. The Kier molecular flexibility index (Phi) is 4.71. The predicted octanol–water partition coefficient (Wildman–Crippen LogP) is 3.41. The Morgan fingerprint density at radius 1 is 1.11 bits per heavy atom. The van der Waals surface area contributed by atoms with Crippen molar-refractivity contribution in [3.63, 3.8) is 0 Å². The molecule has 1 aromatic carbocycles. The zero-order valence-electron chi connectivity index (χ0n) is 16.0. The number of fused-ring (bicyclic) bond motifs is 1. The molecule has 0 aliphatic carbocycles. The minimum atomic E-state index is -3.56. The number of aromatic nitrogens is 2. The average molecular weight is 398 g/mol. The molecule has 3 aromatic rings. The summed E-state index contributed by atoms with van der Waals surface area (Å²) in [6, 6.07) is 13.5. The van der Waals surface area contributed by atoms with Crippen LogP contribution in [0.5, 0.6) is 0 Å². The summed E-state index contributed by atoms with van der Waals surface area (Å²) >= 11 is 0. The third-order valence-electron chi connectivity index (χ3n) is 5.28. The minimum Gasteiger partial charge on any atom is -0.330 e. The van der Waals surface area contributed by atoms with Gasteiger partial charge in [-0.1, -0.05) is 35.9 Å². The highest BCUT2D eigenvalue weighted by molar-refractivity contribution is 7.90. The molecule has 1 saturated heterocycles. The Morgan fingerprint density at radius 2 is 1.86 bits per heavy atom. The molecular formula is C21H23N3O3S. The molecule has 1 unspecified atom stereocenters. The second kappa shape index (κ2) is 7.05. The third-order valence-corrected chi connectivity index (χ3v) is 6.23. The quantitative estimate of drug-likeness (QED) is 0.679. The number of sulfone groups is 1. The number of likely N-dealkylation sites (tertiary alicyclic amines) is 1. The van der Waals surface area contributed by atoms with Crippen molar-refractivity contribution in [2.24, 2.45) is 0 Å². The van der Waals surface area contributed by atoms with Crippen LogP contribution in [0.15, 0.2) is 53.8 Å². The summed E-state index contributed by atoms with van der Waals surface area (Å²) in [7, 11) is -3.56. The van der Waals surface area contributed by atoms with Gasteiger partial charge in [-0.05, 0) is 43.9 Å². The number of hydrogen-bond acceptors (Lipinski definition) is 4. The Bertz CT molecular complexity index is 1130. The molecule has 1 aliphatic rings. The molecule has 1 amide bonds. The Morgan fingerprint density at radius 3 is 2.57 bits per heavy atom. The fourth-order valence-electron chi connectivity index (χ4n) is 3.87. The van der Waals surface area contributed by atoms with Gasteiger partial charge in [-0.2, -0.15) is 0 Å². The maximum atomic E-state index is 13.5. The highest BCUT2D eigenvalue weighted by atomic mass is 32.2. The summed E-state index contributed by atoms with van der Waals surface area (Å²) < 4.78 is 25.8. The van der Waals surface area contributed by atoms with Gasteiger partial charge in [0.2, 0.25) is 15.0 Å². The lowest BCUT2D eigenvalue weighted by atomic mass is 9.94. The van der Waals surface area contributed by atoms with E-state index in [0.717, 1.165) is 31.1 Å². The van der Waals surface area contributed by atoms with Gasteiger partial charge in [0, 0.05) is 19.0 Å². The van der Waals surface area contributed by atoms with Crippen molar-refractivity contribution in [1.29, 1.82) is 0 Å². The summed E-state index contributed by atoms with van der Waals surface area (Å²) in [5.41, 5.74) is 2.99. The van der Waals surface area contributed by atoms with Gasteiger partial charge in [-0.3, -0.25) is 9.20 Å². The topological polar surface area (TPSA) is 71.8 Å². The second-order valence-electron chi connectivity index (χ2n) is 7.39. The number of piperidine rings is 1. The fourth-order valence-corrected chi connectivity index (χ4v) is 4.65. The van der Waals surface area contributed by atoms with E-state index in [1.807, 2.05) is 11.8 Å². The van der Waals surface area contributed by atoms with Gasteiger partial charge in [0.05, 0.1) is 11.6 Å². The summed E-state index contributed by atoms with van der Waals surface area (Å²) in [4.78, 5) is 19.6. The van der Waals surface area contributed by atoms with Gasteiger partial charge in [-0.25, -0.2) is 13.4 Å². The van der Waals surface area contributed by atoms with Crippen molar-refractivity contribution in [1.82, 2.24) is 14.3 Å². The minimum absolute atomic E-state index is 0.0241. The van der Waals surface area contributed by atoms with Crippen LogP contribution in [0.1, 0.15) is 46.9 Å². The first-order valence-corrected chi connectivity index (χ1v) is 11.3. The highest BCUT2D eigenvalue weighted by Crippen LogP contribution is 2.33. The number of carbonyl (C=O) groups excluding carboxylic acids is 1. The molecule has 28 heavy (non-hydrogen) atoms. The number of benzene rings is 1. The molecule has 7 heteroatoms. The van der Waals surface area contributed by atoms with Crippen molar-refractivity contribution < 1.29 is 13.2 Å². The van der Waals surface area contributed by atoms with Crippen LogP contribution in [0.2, 0.25) is 0 Å². The van der Waals surface area contributed by atoms with Gasteiger partial charge in [-0.15, -0.1) is 0 Å². The normalized spacial score (nSPS) is 17.8. The van der Waals surface area contributed by atoms with Crippen LogP contribution < -0.4 is 0 Å². The van der Waals surface area contributed by atoms with Crippen LogP contribution in [-0.2, 0) is 9.84 Å². The van der Waals surface area contributed by atoms with E-state index in [1.54, 1.807) is 24.4 Å². The van der Waals surface area contributed by atoms with E-state index >= 15 is 0 Å². The molecule has 1 aliphatic heterocycles. The van der Waals surface area contributed by atoms with E-state index in [9.17, 15) is 13.2 Å². The van der Waals surface area contributed by atoms with Gasteiger partial charge < -0.3 is 4.90 Å². The number of carbonyl (C=O) groups is 1. The molecule has 3 heterocycles. The lowest BCUT2D eigenvalue weighted by Gasteiger charge is -2.35. The molecule has 4 rings (SSSR count). The lowest BCUT2D eigenvalue weighted by Crippen LogP contribution is -2.38. The summed E-state index contributed by atoms with van der Waals surface area (Å²) in [5, 5.41) is -0.102. The van der Waals surface area contributed by atoms with Gasteiger partial charge in [0.15, 0.2) is 5.69 Å². The van der Waals surface area contributed by atoms with Crippen LogP contribution in [0.3, 0.4) is 0 Å². The van der Waals surface area contributed by atoms with E-state index in [2.05, 4.69) is 29.2 Å². The number of imidazole rings is 1. The molecule has 0 spiro atoms. The van der Waals surface area contributed by atoms with Crippen molar-refractivity contribution in [2.45, 2.75) is 37.4 Å². The monoisotopic (exact) mass is 397 g/mol. The second-order valence-corrected chi connectivity index (χ2v) is 9.30. The molecule has 0 radical (unpaired) electrons.